The van der Waals surface area contributed by atoms with Gasteiger partial charge in [-0.1, -0.05) is 25.5 Å². The van der Waals surface area contributed by atoms with Crippen LogP contribution in [0.1, 0.15) is 26.2 Å². The number of halogens is 1. The molecule has 0 aliphatic heterocycles. The minimum atomic E-state index is -0.276. The number of allylic oxidation sites excluding steroid dienone is 2. The van der Waals surface area contributed by atoms with Gasteiger partial charge in [0.25, 0.3) is 0 Å². The zero-order chi connectivity index (χ0) is 21.2. The molecule has 7 heteroatoms. The summed E-state index contributed by atoms with van der Waals surface area (Å²) in [6.45, 7) is 3.03. The molecule has 0 atom stereocenters. The molecule has 1 aliphatic rings. The van der Waals surface area contributed by atoms with Crippen LogP contribution in [0.25, 0.3) is 28.0 Å². The minimum absolute atomic E-state index is 0.276. The molecule has 6 nitrogen and oxygen atoms in total. The second-order valence-electron chi connectivity index (χ2n) is 7.54. The van der Waals surface area contributed by atoms with Crippen molar-refractivity contribution < 1.29 is 4.39 Å². The predicted octanol–water partition coefficient (Wildman–Crippen LogP) is 5.51. The Balaban J connectivity index is 1.67. The molecule has 1 aromatic carbocycles. The average molecular weight is 414 g/mol. The summed E-state index contributed by atoms with van der Waals surface area (Å²) in [6, 6.07) is 14.3. The van der Waals surface area contributed by atoms with Gasteiger partial charge >= 0.3 is 0 Å². The van der Waals surface area contributed by atoms with Crippen LogP contribution in [0.2, 0.25) is 0 Å². The van der Waals surface area contributed by atoms with E-state index in [-0.39, 0.29) is 5.82 Å². The van der Waals surface area contributed by atoms with Crippen molar-refractivity contribution in [3.05, 3.63) is 72.3 Å². The number of aromatic nitrogens is 4. The highest BCUT2D eigenvalue weighted by atomic mass is 19.1. The first-order valence-corrected chi connectivity index (χ1v) is 10.5. The Hall–Kier alpha value is -3.74. The van der Waals surface area contributed by atoms with Crippen LogP contribution in [0.15, 0.2) is 66.5 Å². The molecule has 0 spiro atoms. The fraction of sp³-hybridized carbons (Fsp3) is 0.208. The molecule has 0 bridgehead atoms. The van der Waals surface area contributed by atoms with Crippen LogP contribution < -0.4 is 10.6 Å². The lowest BCUT2D eigenvalue weighted by Gasteiger charge is -2.08. The summed E-state index contributed by atoms with van der Waals surface area (Å²) in [5, 5.41) is 11.6. The highest BCUT2D eigenvalue weighted by Gasteiger charge is 2.20. The largest absolute Gasteiger partial charge is 0.370 e. The van der Waals surface area contributed by atoms with Crippen molar-refractivity contribution in [2.24, 2.45) is 0 Å². The van der Waals surface area contributed by atoms with Crippen molar-refractivity contribution in [1.82, 2.24) is 19.6 Å². The van der Waals surface area contributed by atoms with Crippen molar-refractivity contribution in [2.75, 3.05) is 17.2 Å². The monoisotopic (exact) mass is 414 g/mol. The van der Waals surface area contributed by atoms with Crippen molar-refractivity contribution in [3.63, 3.8) is 0 Å². The van der Waals surface area contributed by atoms with Gasteiger partial charge in [0.1, 0.15) is 17.3 Å². The van der Waals surface area contributed by atoms with Crippen molar-refractivity contribution in [3.8, 4) is 22.5 Å². The third kappa shape index (κ3) is 3.99. The van der Waals surface area contributed by atoms with Crippen LogP contribution in [-0.2, 0) is 0 Å². The summed E-state index contributed by atoms with van der Waals surface area (Å²) in [5.74, 6) is 1.20. The fourth-order valence-electron chi connectivity index (χ4n) is 3.51. The molecular formula is C24H23FN6. The van der Waals surface area contributed by atoms with E-state index in [4.69, 9.17) is 10.1 Å². The Labute approximate surface area is 179 Å². The maximum absolute atomic E-state index is 13.6. The molecule has 0 fully saturated rings. The summed E-state index contributed by atoms with van der Waals surface area (Å²) < 4.78 is 15.5. The lowest BCUT2D eigenvalue weighted by Crippen LogP contribution is -2.06. The number of hydrogen-bond acceptors (Lipinski definition) is 5. The van der Waals surface area contributed by atoms with Crippen molar-refractivity contribution >= 4 is 17.3 Å². The Morgan fingerprint density at radius 1 is 1.10 bits per heavy atom. The Morgan fingerprint density at radius 3 is 2.71 bits per heavy atom. The van der Waals surface area contributed by atoms with E-state index in [0.717, 1.165) is 65.4 Å². The molecule has 31 heavy (non-hydrogen) atoms. The number of nitrogens with one attached hydrogen (secondary N) is 2. The Morgan fingerprint density at radius 2 is 1.94 bits per heavy atom. The predicted molar refractivity (Wildman–Crippen MR) is 121 cm³/mol. The Bertz CT molecular complexity index is 1260. The number of anilines is 2. The molecule has 1 aliphatic carbocycles. The molecule has 0 amide bonds. The average Bonchev–Trinajstić information content (AvgIpc) is 3.51. The molecule has 4 aromatic rings. The Kier molecular flexibility index (Phi) is 5.08. The standard InChI is InChI=1S/C24H23FN6/c1-2-3-14-26-21-6-4-5-20-22(19-13-15-27-24(29-19)28-18-11-12-18)23(30-31(20)21)16-7-9-17(25)10-8-16/h4-11,13,15,26H,2-3,12,14H2,1H3,(H,27,28,29). The number of hydrogen-bond donors (Lipinski definition) is 2. The first-order chi connectivity index (χ1) is 15.2. The SMILES string of the molecule is CCCCNc1cccc2c(-c3ccnc(NC4=CC4)n3)c(-c3ccc(F)cc3)nn12. The number of unbranched alkanes of at least 4 members (excludes halogenated alkanes) is 1. The summed E-state index contributed by atoms with van der Waals surface area (Å²) in [4.78, 5) is 9.08. The van der Waals surface area contributed by atoms with Gasteiger partial charge in [-0.2, -0.15) is 5.10 Å². The van der Waals surface area contributed by atoms with Gasteiger partial charge in [-0.15, -0.1) is 0 Å². The molecule has 3 aromatic heterocycles. The molecule has 0 saturated heterocycles. The summed E-state index contributed by atoms with van der Waals surface area (Å²) in [7, 11) is 0. The zero-order valence-corrected chi connectivity index (χ0v) is 17.3. The maximum Gasteiger partial charge on any atom is 0.227 e. The van der Waals surface area contributed by atoms with Crippen LogP contribution in [0.3, 0.4) is 0 Å². The van der Waals surface area contributed by atoms with Crippen LogP contribution in [-0.4, -0.2) is 26.1 Å². The van der Waals surface area contributed by atoms with E-state index in [1.807, 2.05) is 28.8 Å². The highest BCUT2D eigenvalue weighted by molar-refractivity contribution is 5.91. The minimum Gasteiger partial charge on any atom is -0.370 e. The number of rotatable bonds is 8. The first-order valence-electron chi connectivity index (χ1n) is 10.5. The zero-order valence-electron chi connectivity index (χ0n) is 17.3. The van der Waals surface area contributed by atoms with Gasteiger partial charge in [-0.05, 0) is 48.9 Å². The lowest BCUT2D eigenvalue weighted by atomic mass is 10.0. The number of pyridine rings is 1. The van der Waals surface area contributed by atoms with E-state index in [2.05, 4.69) is 28.6 Å². The van der Waals surface area contributed by atoms with Crippen molar-refractivity contribution in [2.45, 2.75) is 26.2 Å². The van der Waals surface area contributed by atoms with Gasteiger partial charge < -0.3 is 10.6 Å². The quantitative estimate of drug-likeness (QED) is 0.372. The molecule has 0 unspecified atom stereocenters. The lowest BCUT2D eigenvalue weighted by molar-refractivity contribution is 0.628. The van der Waals surface area contributed by atoms with E-state index in [9.17, 15) is 4.39 Å². The van der Waals surface area contributed by atoms with Gasteiger partial charge in [-0.25, -0.2) is 18.9 Å². The van der Waals surface area contributed by atoms with E-state index in [0.29, 0.717) is 5.95 Å². The van der Waals surface area contributed by atoms with E-state index >= 15 is 0 Å². The van der Waals surface area contributed by atoms with Gasteiger partial charge in [0, 0.05) is 30.4 Å². The smallest absolute Gasteiger partial charge is 0.227 e. The first kappa shape index (κ1) is 19.2. The van der Waals surface area contributed by atoms with Crippen molar-refractivity contribution in [1.29, 1.82) is 0 Å². The molecule has 0 radical (unpaired) electrons. The molecule has 2 N–H and O–H groups in total. The van der Waals surface area contributed by atoms with Crippen LogP contribution >= 0.6 is 0 Å². The highest BCUT2D eigenvalue weighted by Crippen LogP contribution is 2.36. The molecule has 156 valence electrons. The molecule has 5 rings (SSSR count). The van der Waals surface area contributed by atoms with E-state index in [1.165, 1.54) is 12.1 Å². The van der Waals surface area contributed by atoms with Gasteiger partial charge in [0.05, 0.1) is 16.8 Å². The normalized spacial score (nSPS) is 12.6. The van der Waals surface area contributed by atoms with Gasteiger partial charge in [0.2, 0.25) is 5.95 Å². The molecule has 0 saturated carbocycles. The van der Waals surface area contributed by atoms with E-state index in [1.54, 1.807) is 18.3 Å². The van der Waals surface area contributed by atoms with Gasteiger partial charge in [0.15, 0.2) is 0 Å². The summed E-state index contributed by atoms with van der Waals surface area (Å²) in [6.07, 6.45) is 6.96. The fourth-order valence-corrected chi connectivity index (χ4v) is 3.51. The van der Waals surface area contributed by atoms with E-state index < -0.39 is 0 Å². The van der Waals surface area contributed by atoms with Crippen LogP contribution in [0.5, 0.6) is 0 Å². The summed E-state index contributed by atoms with van der Waals surface area (Å²) >= 11 is 0. The number of benzene rings is 1. The molecule has 3 heterocycles. The number of fused-ring (bicyclic) bond motifs is 1. The summed E-state index contributed by atoms with van der Waals surface area (Å²) in [5.41, 5.74) is 5.28. The third-order valence-corrected chi connectivity index (χ3v) is 5.20. The van der Waals surface area contributed by atoms with Gasteiger partial charge in [-0.3, -0.25) is 0 Å². The van der Waals surface area contributed by atoms with Crippen LogP contribution in [0, 0.1) is 5.82 Å². The molecular weight excluding hydrogens is 391 g/mol. The second-order valence-corrected chi connectivity index (χ2v) is 7.54. The van der Waals surface area contributed by atoms with Crippen LogP contribution in [0.4, 0.5) is 16.2 Å². The number of nitrogens with zero attached hydrogens (tertiary/aromatic N) is 4. The topological polar surface area (TPSA) is 67.1 Å². The second kappa shape index (κ2) is 8.18. The maximum atomic E-state index is 13.6. The third-order valence-electron chi connectivity index (χ3n) is 5.20.